The van der Waals surface area contributed by atoms with E-state index in [0.717, 1.165) is 27.8 Å². The summed E-state index contributed by atoms with van der Waals surface area (Å²) in [7, 11) is 0. The monoisotopic (exact) mass is 666 g/mol. The van der Waals surface area contributed by atoms with Gasteiger partial charge in [-0.15, -0.1) is 0 Å². The second kappa shape index (κ2) is 13.2. The van der Waals surface area contributed by atoms with Crippen molar-refractivity contribution in [3.8, 4) is 56.4 Å². The van der Waals surface area contributed by atoms with Gasteiger partial charge in [0, 0.05) is 16.7 Å². The highest BCUT2D eigenvalue weighted by Crippen LogP contribution is 2.56. The fourth-order valence-electron chi connectivity index (χ4n) is 7.68. The molecule has 7 aromatic carbocycles. The number of hydrogen-bond donors (Lipinski definition) is 0. The summed E-state index contributed by atoms with van der Waals surface area (Å²) in [4.78, 5) is 19.2. The van der Waals surface area contributed by atoms with E-state index < -0.39 is 5.41 Å². The van der Waals surface area contributed by atoms with E-state index in [2.05, 4.69) is 133 Å². The Morgan fingerprint density at radius 3 is 1.46 bits per heavy atom. The molecular formula is C48H34N4. The van der Waals surface area contributed by atoms with E-state index in [9.17, 15) is 0 Å². The first-order chi connectivity index (χ1) is 25.7. The van der Waals surface area contributed by atoms with Crippen LogP contribution in [0.4, 0.5) is 0 Å². The summed E-state index contributed by atoms with van der Waals surface area (Å²) in [6.07, 6.45) is 0. The molecule has 1 heterocycles. The molecule has 0 fully saturated rings. The molecule has 9 rings (SSSR count). The van der Waals surface area contributed by atoms with Gasteiger partial charge in [0.15, 0.2) is 17.5 Å². The molecule has 0 radical (unpaired) electrons. The highest BCUT2D eigenvalue weighted by Gasteiger charge is 2.46. The maximum Gasteiger partial charge on any atom is 0.164 e. The number of rotatable bonds is 8. The number of fused-ring (bicyclic) bond motifs is 3. The zero-order chi connectivity index (χ0) is 34.9. The maximum absolute atomic E-state index is 5.10. The third kappa shape index (κ3) is 5.33. The zero-order valence-electron chi connectivity index (χ0n) is 28.5. The topological polar surface area (TPSA) is 51.0 Å². The molecule has 0 saturated heterocycles. The minimum atomic E-state index is -0.571. The van der Waals surface area contributed by atoms with Gasteiger partial charge in [0.1, 0.15) is 0 Å². The lowest BCUT2D eigenvalue weighted by Crippen LogP contribution is -2.28. The van der Waals surface area contributed by atoms with Crippen LogP contribution in [-0.4, -0.2) is 21.7 Å². The summed E-state index contributed by atoms with van der Waals surface area (Å²) in [5.74, 6) is 1.93. The van der Waals surface area contributed by atoms with Crippen molar-refractivity contribution in [3.05, 3.63) is 210 Å². The molecule has 1 aromatic heterocycles. The van der Waals surface area contributed by atoms with Crippen LogP contribution in [-0.2, 0) is 12.0 Å². The summed E-state index contributed by atoms with van der Waals surface area (Å²) in [5.41, 5.74) is 13.0. The normalized spacial score (nSPS) is 14.4. The van der Waals surface area contributed by atoms with E-state index in [1.165, 1.54) is 38.9 Å². The van der Waals surface area contributed by atoms with Crippen molar-refractivity contribution in [2.75, 3.05) is 0 Å². The summed E-state index contributed by atoms with van der Waals surface area (Å²) < 4.78 is 0. The van der Waals surface area contributed by atoms with Crippen LogP contribution < -0.4 is 0 Å². The minimum absolute atomic E-state index is 0.571. The van der Waals surface area contributed by atoms with Gasteiger partial charge < -0.3 is 0 Å². The number of aliphatic imine (C=N–C) groups is 1. The molecule has 4 heteroatoms. The number of benzene rings is 7. The molecule has 0 spiro atoms. The van der Waals surface area contributed by atoms with Gasteiger partial charge in [-0.1, -0.05) is 176 Å². The van der Waals surface area contributed by atoms with Crippen molar-refractivity contribution in [3.63, 3.8) is 0 Å². The Labute approximate surface area is 303 Å². The van der Waals surface area contributed by atoms with E-state index in [0.29, 0.717) is 24.0 Å². The quantitative estimate of drug-likeness (QED) is 0.152. The lowest BCUT2D eigenvalue weighted by Gasteiger charge is -2.34. The first kappa shape index (κ1) is 31.2. The van der Waals surface area contributed by atoms with Gasteiger partial charge in [0.2, 0.25) is 0 Å². The first-order valence-electron chi connectivity index (χ1n) is 17.5. The van der Waals surface area contributed by atoms with E-state index in [-0.39, 0.29) is 0 Å². The van der Waals surface area contributed by atoms with Crippen molar-refractivity contribution >= 4 is 6.72 Å². The third-order valence-corrected chi connectivity index (χ3v) is 10.1. The number of nitrogens with zero attached hydrogens (tertiary/aromatic N) is 4. The van der Waals surface area contributed by atoms with E-state index in [1.807, 2.05) is 60.7 Å². The van der Waals surface area contributed by atoms with Gasteiger partial charge >= 0.3 is 0 Å². The Morgan fingerprint density at radius 2 is 0.865 bits per heavy atom. The lowest BCUT2D eigenvalue weighted by molar-refractivity contribution is 0.768. The maximum atomic E-state index is 5.10. The largest absolute Gasteiger partial charge is 0.296 e. The van der Waals surface area contributed by atoms with Gasteiger partial charge in [-0.2, -0.15) is 0 Å². The SMILES string of the molecule is C=NCc1ccc(-c2ccc(C3(c4ccccc4)c4ccccc4-c4ccc(-c5nc(-c6ccccc6)nc(-c6ccccc6)n5)cc43)cc2)cc1. The molecular weight excluding hydrogens is 633 g/mol. The second-order valence-electron chi connectivity index (χ2n) is 13.1. The molecule has 1 aliphatic rings. The fraction of sp³-hybridized carbons (Fsp3) is 0.0417. The van der Waals surface area contributed by atoms with Crippen LogP contribution >= 0.6 is 0 Å². The van der Waals surface area contributed by atoms with E-state index in [1.54, 1.807) is 0 Å². The molecule has 52 heavy (non-hydrogen) atoms. The molecule has 4 nitrogen and oxygen atoms in total. The van der Waals surface area contributed by atoms with Crippen LogP contribution in [0.25, 0.3) is 56.4 Å². The average molecular weight is 667 g/mol. The van der Waals surface area contributed by atoms with Crippen LogP contribution in [0.1, 0.15) is 27.8 Å². The van der Waals surface area contributed by atoms with Gasteiger partial charge in [-0.3, -0.25) is 4.99 Å². The van der Waals surface area contributed by atoms with Crippen LogP contribution in [0, 0.1) is 0 Å². The molecule has 1 aliphatic carbocycles. The highest BCUT2D eigenvalue weighted by atomic mass is 15.0. The predicted octanol–water partition coefficient (Wildman–Crippen LogP) is 11.1. The first-order valence-corrected chi connectivity index (χ1v) is 17.5. The number of hydrogen-bond acceptors (Lipinski definition) is 4. The standard InChI is InChI=1S/C48H34N4/c1-49-32-33-21-23-34(24-22-33)35-25-28-40(29-26-35)48(39-17-9-4-10-18-39)43-20-12-11-19-41(43)42-30-27-38(31-44(42)48)47-51-45(36-13-5-2-6-14-36)50-46(52-47)37-15-7-3-8-16-37/h2-31H,1,32H2. The lowest BCUT2D eigenvalue weighted by atomic mass is 9.67. The molecule has 0 N–H and O–H groups in total. The summed E-state index contributed by atoms with van der Waals surface area (Å²) >= 11 is 0. The summed E-state index contributed by atoms with van der Waals surface area (Å²) in [5, 5.41) is 0. The van der Waals surface area contributed by atoms with Crippen molar-refractivity contribution in [1.29, 1.82) is 0 Å². The van der Waals surface area contributed by atoms with Crippen molar-refractivity contribution in [2.45, 2.75) is 12.0 Å². The highest BCUT2D eigenvalue weighted by molar-refractivity contribution is 5.88. The van der Waals surface area contributed by atoms with Crippen molar-refractivity contribution in [2.24, 2.45) is 4.99 Å². The molecule has 0 saturated carbocycles. The van der Waals surface area contributed by atoms with Crippen molar-refractivity contribution < 1.29 is 0 Å². The predicted molar refractivity (Wildman–Crippen MR) is 212 cm³/mol. The molecule has 0 aliphatic heterocycles. The van der Waals surface area contributed by atoms with E-state index >= 15 is 0 Å². The average Bonchev–Trinajstić information content (AvgIpc) is 3.52. The van der Waals surface area contributed by atoms with Gasteiger partial charge in [0.05, 0.1) is 12.0 Å². The molecule has 0 bridgehead atoms. The van der Waals surface area contributed by atoms with Crippen molar-refractivity contribution in [1.82, 2.24) is 15.0 Å². The van der Waals surface area contributed by atoms with E-state index in [4.69, 9.17) is 15.0 Å². The van der Waals surface area contributed by atoms with Gasteiger partial charge in [-0.25, -0.2) is 15.0 Å². The Hall–Kier alpha value is -6.78. The fourth-order valence-corrected chi connectivity index (χ4v) is 7.68. The van der Waals surface area contributed by atoms with Gasteiger partial charge in [0.25, 0.3) is 0 Å². The minimum Gasteiger partial charge on any atom is -0.296 e. The molecule has 8 aromatic rings. The Bertz CT molecular complexity index is 2470. The summed E-state index contributed by atoms with van der Waals surface area (Å²) in [6, 6.07) is 64.3. The number of aromatic nitrogens is 3. The Morgan fingerprint density at radius 1 is 0.404 bits per heavy atom. The van der Waals surface area contributed by atoms with Gasteiger partial charge in [-0.05, 0) is 62.9 Å². The summed E-state index contributed by atoms with van der Waals surface area (Å²) in [6.45, 7) is 4.26. The van der Waals surface area contributed by atoms with Crippen LogP contribution in [0.3, 0.4) is 0 Å². The zero-order valence-corrected chi connectivity index (χ0v) is 28.5. The van der Waals surface area contributed by atoms with Crippen LogP contribution in [0.5, 0.6) is 0 Å². The third-order valence-electron chi connectivity index (χ3n) is 10.1. The smallest absolute Gasteiger partial charge is 0.164 e. The molecule has 246 valence electrons. The van der Waals surface area contributed by atoms with Crippen LogP contribution in [0.2, 0.25) is 0 Å². The molecule has 0 amide bonds. The van der Waals surface area contributed by atoms with Crippen LogP contribution in [0.15, 0.2) is 187 Å². The molecule has 1 unspecified atom stereocenters. The second-order valence-corrected chi connectivity index (χ2v) is 13.1. The Balaban J connectivity index is 1.25. The Kier molecular flexibility index (Phi) is 7.90. The molecule has 1 atom stereocenters.